The molecular formula is C24H23N5O. The number of fused-ring (bicyclic) bond motifs is 2. The Morgan fingerprint density at radius 2 is 1.87 bits per heavy atom. The summed E-state index contributed by atoms with van der Waals surface area (Å²) >= 11 is 0. The minimum absolute atomic E-state index is 0.0440. The molecule has 30 heavy (non-hydrogen) atoms. The zero-order valence-electron chi connectivity index (χ0n) is 16.5. The van der Waals surface area contributed by atoms with Gasteiger partial charge in [0.25, 0.3) is 5.91 Å². The van der Waals surface area contributed by atoms with Crippen LogP contribution in [0.1, 0.15) is 21.6 Å². The molecular weight excluding hydrogens is 374 g/mol. The van der Waals surface area contributed by atoms with Gasteiger partial charge in [0, 0.05) is 24.0 Å². The van der Waals surface area contributed by atoms with Crippen molar-refractivity contribution in [2.24, 2.45) is 5.73 Å². The van der Waals surface area contributed by atoms with Crippen LogP contribution < -0.4 is 10.6 Å². The molecule has 1 aliphatic rings. The number of carbonyl (C=O) groups excluding carboxylic acids is 1. The topological polar surface area (TPSA) is 78.2 Å². The van der Waals surface area contributed by atoms with E-state index in [4.69, 9.17) is 5.73 Å². The molecule has 0 fully saturated rings. The van der Waals surface area contributed by atoms with Crippen LogP contribution in [0, 0.1) is 0 Å². The molecule has 150 valence electrons. The molecule has 0 saturated carbocycles. The Hall–Kier alpha value is -3.64. The maximum absolute atomic E-state index is 13.6. The third kappa shape index (κ3) is 3.31. The first-order chi connectivity index (χ1) is 14.7. The molecule has 3 N–H and O–H groups in total. The van der Waals surface area contributed by atoms with E-state index in [9.17, 15) is 4.79 Å². The summed E-state index contributed by atoms with van der Waals surface area (Å²) in [5, 5.41) is 2.00. The van der Waals surface area contributed by atoms with Crippen molar-refractivity contribution in [1.29, 1.82) is 0 Å². The average molecular weight is 397 g/mol. The van der Waals surface area contributed by atoms with E-state index in [1.54, 1.807) is 11.2 Å². The van der Waals surface area contributed by atoms with Gasteiger partial charge in [-0.3, -0.25) is 4.79 Å². The van der Waals surface area contributed by atoms with Crippen molar-refractivity contribution in [2.45, 2.75) is 19.3 Å². The fourth-order valence-electron chi connectivity index (χ4n) is 4.19. The predicted octanol–water partition coefficient (Wildman–Crippen LogP) is 3.51. The summed E-state index contributed by atoms with van der Waals surface area (Å²) in [5.74, 6) is -0.0440. The molecule has 1 aliphatic heterocycles. The number of benzene rings is 3. The summed E-state index contributed by atoms with van der Waals surface area (Å²) in [6.45, 7) is 1.66. The van der Waals surface area contributed by atoms with Gasteiger partial charge >= 0.3 is 0 Å². The number of nitrogens with zero attached hydrogens (tertiary/aromatic N) is 3. The number of anilines is 1. The van der Waals surface area contributed by atoms with Crippen LogP contribution >= 0.6 is 0 Å². The molecule has 1 atom stereocenters. The molecule has 6 nitrogen and oxygen atoms in total. The molecule has 1 unspecified atom stereocenters. The Morgan fingerprint density at radius 3 is 2.73 bits per heavy atom. The van der Waals surface area contributed by atoms with Crippen molar-refractivity contribution >= 4 is 22.4 Å². The number of imidazole rings is 1. The maximum Gasteiger partial charge on any atom is 0.256 e. The van der Waals surface area contributed by atoms with Crippen LogP contribution in [-0.4, -0.2) is 33.5 Å². The summed E-state index contributed by atoms with van der Waals surface area (Å²) in [6, 6.07) is 22.0. The first kappa shape index (κ1) is 18.4. The van der Waals surface area contributed by atoms with Gasteiger partial charge in [0.2, 0.25) is 0 Å². The first-order valence-electron chi connectivity index (χ1n) is 10.0. The molecule has 0 bridgehead atoms. The van der Waals surface area contributed by atoms with Crippen LogP contribution in [-0.2, 0) is 13.1 Å². The van der Waals surface area contributed by atoms with Crippen molar-refractivity contribution in [3.05, 3.63) is 96.1 Å². The Balaban J connectivity index is 1.52. The second-order valence-electron chi connectivity index (χ2n) is 7.61. The van der Waals surface area contributed by atoms with E-state index < -0.39 is 6.17 Å². The number of hydrogen-bond donors (Lipinski definition) is 2. The molecule has 4 aromatic rings. The number of carbonyl (C=O) groups is 1. The van der Waals surface area contributed by atoms with E-state index in [2.05, 4.69) is 27.0 Å². The second kappa shape index (κ2) is 7.65. The largest absolute Gasteiger partial charge is 0.362 e. The lowest BCUT2D eigenvalue weighted by molar-refractivity contribution is 0.0678. The highest BCUT2D eigenvalue weighted by Crippen LogP contribution is 2.29. The number of H-pyrrole nitrogens is 1. The maximum atomic E-state index is 13.6. The van der Waals surface area contributed by atoms with Gasteiger partial charge in [-0.15, -0.1) is 0 Å². The van der Waals surface area contributed by atoms with Gasteiger partial charge < -0.3 is 20.5 Å². The molecule has 0 radical (unpaired) electrons. The average Bonchev–Trinajstić information content (AvgIpc) is 3.24. The summed E-state index contributed by atoms with van der Waals surface area (Å²) in [7, 11) is 0. The molecule has 0 spiro atoms. The Kier molecular flexibility index (Phi) is 4.69. The Labute approximate surface area is 174 Å². The number of para-hydroxylation sites is 1. The first-order valence-corrected chi connectivity index (χ1v) is 10.0. The van der Waals surface area contributed by atoms with Gasteiger partial charge in [0.1, 0.15) is 0 Å². The highest BCUT2D eigenvalue weighted by molar-refractivity contribution is 6.07. The van der Waals surface area contributed by atoms with Crippen molar-refractivity contribution in [3.63, 3.8) is 0 Å². The van der Waals surface area contributed by atoms with Crippen molar-refractivity contribution in [3.8, 4) is 0 Å². The van der Waals surface area contributed by atoms with E-state index in [0.717, 1.165) is 27.7 Å². The van der Waals surface area contributed by atoms with Gasteiger partial charge in [0.05, 0.1) is 31.3 Å². The third-order valence-electron chi connectivity index (χ3n) is 5.68. The molecule has 1 amide bonds. The Morgan fingerprint density at radius 1 is 1.07 bits per heavy atom. The fraction of sp³-hybridized carbons (Fsp3) is 0.167. The van der Waals surface area contributed by atoms with E-state index in [-0.39, 0.29) is 5.91 Å². The number of rotatable bonds is 3. The van der Waals surface area contributed by atoms with E-state index in [1.807, 2.05) is 60.8 Å². The van der Waals surface area contributed by atoms with E-state index in [0.29, 0.717) is 25.2 Å². The van der Waals surface area contributed by atoms with Crippen LogP contribution in [0.15, 0.2) is 79.3 Å². The van der Waals surface area contributed by atoms with Crippen LogP contribution in [0.3, 0.4) is 0 Å². The minimum Gasteiger partial charge on any atom is -0.362 e. The number of nitrogens with two attached hydrogens (primary N) is 1. The number of hydrogen-bond acceptors (Lipinski definition) is 4. The zero-order valence-corrected chi connectivity index (χ0v) is 16.5. The summed E-state index contributed by atoms with van der Waals surface area (Å²) in [5.41, 5.74) is 10.5. The van der Waals surface area contributed by atoms with Gasteiger partial charge in [-0.2, -0.15) is 0 Å². The number of nitrogens with one attached hydrogen (secondary N) is 1. The van der Waals surface area contributed by atoms with Crippen LogP contribution in [0.25, 0.3) is 10.8 Å². The summed E-state index contributed by atoms with van der Waals surface area (Å²) in [4.78, 5) is 24.9. The van der Waals surface area contributed by atoms with Gasteiger partial charge in [0.15, 0.2) is 0 Å². The summed E-state index contributed by atoms with van der Waals surface area (Å²) < 4.78 is 0. The molecule has 0 saturated heterocycles. The van der Waals surface area contributed by atoms with E-state index in [1.165, 1.54) is 0 Å². The van der Waals surface area contributed by atoms with Gasteiger partial charge in [-0.1, -0.05) is 54.6 Å². The third-order valence-corrected chi connectivity index (χ3v) is 5.68. The number of amides is 1. The van der Waals surface area contributed by atoms with Gasteiger partial charge in [-0.05, 0) is 28.5 Å². The lowest BCUT2D eigenvalue weighted by atomic mass is 10.0. The molecule has 0 aliphatic carbocycles. The lowest BCUT2D eigenvalue weighted by Gasteiger charge is -2.30. The smallest absolute Gasteiger partial charge is 0.256 e. The molecule has 6 heteroatoms. The van der Waals surface area contributed by atoms with Gasteiger partial charge in [-0.25, -0.2) is 4.98 Å². The number of aromatic nitrogens is 2. The Bertz CT molecular complexity index is 1180. The monoisotopic (exact) mass is 397 g/mol. The van der Waals surface area contributed by atoms with Crippen molar-refractivity contribution in [1.82, 2.24) is 14.9 Å². The fourth-order valence-corrected chi connectivity index (χ4v) is 4.19. The molecule has 1 aromatic heterocycles. The van der Waals surface area contributed by atoms with Crippen LogP contribution in [0.2, 0.25) is 0 Å². The minimum atomic E-state index is -0.438. The van der Waals surface area contributed by atoms with Crippen molar-refractivity contribution in [2.75, 3.05) is 11.4 Å². The molecule has 5 rings (SSSR count). The number of aromatic amines is 1. The SMILES string of the molecule is NC1CN(Cc2cnc[nH]2)c2ccccc2CN1C(=O)c1cccc2ccccc12. The highest BCUT2D eigenvalue weighted by Gasteiger charge is 2.30. The normalized spacial score (nSPS) is 16.4. The standard InChI is InChI=1S/C24H23N5O/c25-23-15-28(14-19-12-26-16-27-19)22-11-4-2-7-18(22)13-29(23)24(30)21-10-5-8-17-6-1-3-9-20(17)21/h1-12,16,23H,13-15,25H2,(H,26,27). The van der Waals surface area contributed by atoms with Crippen LogP contribution in [0.4, 0.5) is 5.69 Å². The van der Waals surface area contributed by atoms with Crippen molar-refractivity contribution < 1.29 is 4.79 Å². The summed E-state index contributed by atoms with van der Waals surface area (Å²) in [6.07, 6.45) is 3.06. The molecule has 2 heterocycles. The molecule has 3 aromatic carbocycles. The second-order valence-corrected chi connectivity index (χ2v) is 7.61. The zero-order chi connectivity index (χ0) is 20.5. The quantitative estimate of drug-likeness (QED) is 0.555. The van der Waals surface area contributed by atoms with Crippen LogP contribution in [0.5, 0.6) is 0 Å². The highest BCUT2D eigenvalue weighted by atomic mass is 16.2. The lowest BCUT2D eigenvalue weighted by Crippen LogP contribution is -2.50. The van der Waals surface area contributed by atoms with E-state index >= 15 is 0 Å². The predicted molar refractivity (Wildman–Crippen MR) is 118 cm³/mol.